The Bertz CT molecular complexity index is 616. The fourth-order valence-electron chi connectivity index (χ4n) is 2.13. The van der Waals surface area contributed by atoms with E-state index in [-0.39, 0.29) is 5.82 Å². The van der Waals surface area contributed by atoms with E-state index < -0.39 is 0 Å². The Kier molecular flexibility index (Phi) is 5.59. The van der Waals surface area contributed by atoms with Crippen molar-refractivity contribution in [1.29, 1.82) is 0 Å². The monoisotopic (exact) mass is 307 g/mol. The van der Waals surface area contributed by atoms with Crippen LogP contribution in [-0.2, 0) is 6.54 Å². The number of nitrogens with one attached hydrogen (secondary N) is 1. The van der Waals surface area contributed by atoms with Gasteiger partial charge in [-0.05, 0) is 48.4 Å². The lowest BCUT2D eigenvalue weighted by Crippen LogP contribution is -2.14. The van der Waals surface area contributed by atoms with Crippen LogP contribution in [0.25, 0.3) is 11.1 Å². The molecule has 4 heteroatoms. The molecule has 0 aromatic heterocycles. The summed E-state index contributed by atoms with van der Waals surface area (Å²) in [4.78, 5) is 0. The highest BCUT2D eigenvalue weighted by atomic mass is 35.5. The second-order valence-corrected chi connectivity index (χ2v) is 5.24. The topological polar surface area (TPSA) is 21.3 Å². The van der Waals surface area contributed by atoms with Crippen molar-refractivity contribution in [1.82, 2.24) is 5.32 Å². The first-order chi connectivity index (χ1) is 10.2. The molecule has 0 fully saturated rings. The number of benzene rings is 2. The Hall–Kier alpha value is -1.58. The lowest BCUT2D eigenvalue weighted by atomic mass is 10.0. The van der Waals surface area contributed by atoms with Crippen molar-refractivity contribution in [2.75, 3.05) is 13.7 Å². The highest BCUT2D eigenvalue weighted by Crippen LogP contribution is 2.31. The van der Waals surface area contributed by atoms with Crippen molar-refractivity contribution >= 4 is 11.6 Å². The average Bonchev–Trinajstić information content (AvgIpc) is 2.50. The van der Waals surface area contributed by atoms with Crippen LogP contribution in [0, 0.1) is 5.82 Å². The number of hydrogen-bond donors (Lipinski definition) is 1. The zero-order valence-electron chi connectivity index (χ0n) is 12.2. The molecule has 0 aliphatic rings. The van der Waals surface area contributed by atoms with Crippen LogP contribution in [0.1, 0.15) is 18.9 Å². The lowest BCUT2D eigenvalue weighted by Gasteiger charge is -2.10. The molecule has 0 atom stereocenters. The Labute approximate surface area is 129 Å². The van der Waals surface area contributed by atoms with E-state index in [0.29, 0.717) is 22.9 Å². The molecule has 2 rings (SSSR count). The lowest BCUT2D eigenvalue weighted by molar-refractivity contribution is 0.415. The van der Waals surface area contributed by atoms with Gasteiger partial charge in [-0.1, -0.05) is 30.7 Å². The summed E-state index contributed by atoms with van der Waals surface area (Å²) in [7, 11) is 1.58. The van der Waals surface area contributed by atoms with Gasteiger partial charge < -0.3 is 10.1 Å². The number of hydrogen-bond acceptors (Lipinski definition) is 2. The van der Waals surface area contributed by atoms with E-state index in [2.05, 4.69) is 12.2 Å². The summed E-state index contributed by atoms with van der Waals surface area (Å²) in [6, 6.07) is 10.7. The van der Waals surface area contributed by atoms with Gasteiger partial charge >= 0.3 is 0 Å². The van der Waals surface area contributed by atoms with Gasteiger partial charge in [-0.3, -0.25) is 0 Å². The molecule has 2 aromatic rings. The SMILES string of the molecule is CCCNCc1cc(-c2ccc(Cl)c(OC)c2)ccc1F. The van der Waals surface area contributed by atoms with E-state index in [0.717, 1.165) is 24.1 Å². The minimum absolute atomic E-state index is 0.191. The van der Waals surface area contributed by atoms with Crippen LogP contribution in [0.15, 0.2) is 36.4 Å². The van der Waals surface area contributed by atoms with E-state index in [1.807, 2.05) is 18.2 Å². The van der Waals surface area contributed by atoms with Gasteiger partial charge in [0.2, 0.25) is 0 Å². The van der Waals surface area contributed by atoms with E-state index >= 15 is 0 Å². The minimum Gasteiger partial charge on any atom is -0.495 e. The predicted octanol–water partition coefficient (Wildman–Crippen LogP) is 4.65. The maximum atomic E-state index is 13.8. The Balaban J connectivity index is 2.29. The van der Waals surface area contributed by atoms with Gasteiger partial charge in [0.15, 0.2) is 0 Å². The standard InChI is InChI=1S/C17H19ClFNO/c1-3-8-20-11-14-9-12(5-7-16(14)19)13-4-6-15(18)17(10-13)21-2/h4-7,9-10,20H,3,8,11H2,1-2H3. The van der Waals surface area contributed by atoms with Gasteiger partial charge in [0.1, 0.15) is 11.6 Å². The molecular weight excluding hydrogens is 289 g/mol. The number of halogens is 2. The van der Waals surface area contributed by atoms with Gasteiger partial charge in [-0.25, -0.2) is 4.39 Å². The Morgan fingerprint density at radius 3 is 2.57 bits per heavy atom. The average molecular weight is 308 g/mol. The van der Waals surface area contributed by atoms with Gasteiger partial charge in [0.05, 0.1) is 12.1 Å². The van der Waals surface area contributed by atoms with E-state index in [4.69, 9.17) is 16.3 Å². The minimum atomic E-state index is -0.191. The molecule has 0 radical (unpaired) electrons. The molecule has 0 amide bonds. The van der Waals surface area contributed by atoms with Gasteiger partial charge in [0, 0.05) is 12.1 Å². The zero-order valence-corrected chi connectivity index (χ0v) is 13.0. The van der Waals surface area contributed by atoms with Gasteiger partial charge in [-0.15, -0.1) is 0 Å². The number of rotatable bonds is 6. The summed E-state index contributed by atoms with van der Waals surface area (Å²) < 4.78 is 19.1. The molecule has 0 unspecified atom stereocenters. The summed E-state index contributed by atoms with van der Waals surface area (Å²) >= 11 is 6.03. The first-order valence-electron chi connectivity index (χ1n) is 6.98. The summed E-state index contributed by atoms with van der Waals surface area (Å²) in [5, 5.41) is 3.78. The number of methoxy groups -OCH3 is 1. The van der Waals surface area contributed by atoms with E-state index in [9.17, 15) is 4.39 Å². The second kappa shape index (κ2) is 7.43. The van der Waals surface area contributed by atoms with Gasteiger partial charge in [0.25, 0.3) is 0 Å². The summed E-state index contributed by atoms with van der Waals surface area (Å²) in [6.07, 6.45) is 1.02. The normalized spacial score (nSPS) is 10.7. The smallest absolute Gasteiger partial charge is 0.138 e. The third-order valence-corrected chi connectivity index (χ3v) is 3.58. The first-order valence-corrected chi connectivity index (χ1v) is 7.36. The largest absolute Gasteiger partial charge is 0.495 e. The molecule has 112 valence electrons. The van der Waals surface area contributed by atoms with Crippen LogP contribution in [0.3, 0.4) is 0 Å². The quantitative estimate of drug-likeness (QED) is 0.784. The molecule has 0 heterocycles. The molecule has 0 spiro atoms. The van der Waals surface area contributed by atoms with Crippen molar-refractivity contribution in [3.8, 4) is 16.9 Å². The predicted molar refractivity (Wildman–Crippen MR) is 85.4 cm³/mol. The third-order valence-electron chi connectivity index (χ3n) is 3.27. The van der Waals surface area contributed by atoms with Crippen LogP contribution in [0.4, 0.5) is 4.39 Å². The summed E-state index contributed by atoms with van der Waals surface area (Å²) in [6.45, 7) is 3.48. The van der Waals surface area contributed by atoms with E-state index in [1.165, 1.54) is 6.07 Å². The fourth-order valence-corrected chi connectivity index (χ4v) is 2.32. The summed E-state index contributed by atoms with van der Waals surface area (Å²) in [5.74, 6) is 0.424. The van der Waals surface area contributed by atoms with E-state index in [1.54, 1.807) is 19.2 Å². The van der Waals surface area contributed by atoms with Crippen LogP contribution in [0.2, 0.25) is 5.02 Å². The Morgan fingerprint density at radius 1 is 1.14 bits per heavy atom. The molecule has 21 heavy (non-hydrogen) atoms. The highest BCUT2D eigenvalue weighted by Gasteiger charge is 2.07. The van der Waals surface area contributed by atoms with Crippen LogP contribution < -0.4 is 10.1 Å². The molecule has 1 N–H and O–H groups in total. The molecule has 2 nitrogen and oxygen atoms in total. The Morgan fingerprint density at radius 2 is 1.86 bits per heavy atom. The zero-order chi connectivity index (χ0) is 15.2. The second-order valence-electron chi connectivity index (χ2n) is 4.83. The van der Waals surface area contributed by atoms with Crippen molar-refractivity contribution in [2.45, 2.75) is 19.9 Å². The maximum absolute atomic E-state index is 13.8. The third kappa shape index (κ3) is 3.96. The van der Waals surface area contributed by atoms with Crippen molar-refractivity contribution < 1.29 is 9.13 Å². The molecule has 0 bridgehead atoms. The van der Waals surface area contributed by atoms with Crippen molar-refractivity contribution in [3.05, 3.63) is 52.8 Å². The molecule has 2 aromatic carbocycles. The van der Waals surface area contributed by atoms with Crippen molar-refractivity contribution in [2.24, 2.45) is 0 Å². The molecule has 0 saturated heterocycles. The highest BCUT2D eigenvalue weighted by molar-refractivity contribution is 6.32. The summed E-state index contributed by atoms with van der Waals surface area (Å²) in [5.41, 5.74) is 2.56. The van der Waals surface area contributed by atoms with Crippen molar-refractivity contribution in [3.63, 3.8) is 0 Å². The van der Waals surface area contributed by atoms with Crippen LogP contribution >= 0.6 is 11.6 Å². The van der Waals surface area contributed by atoms with Crippen LogP contribution in [0.5, 0.6) is 5.75 Å². The molecule has 0 aliphatic carbocycles. The van der Waals surface area contributed by atoms with Crippen LogP contribution in [-0.4, -0.2) is 13.7 Å². The first kappa shape index (κ1) is 15.8. The maximum Gasteiger partial charge on any atom is 0.138 e. The molecular formula is C17H19ClFNO. The molecule has 0 saturated carbocycles. The van der Waals surface area contributed by atoms with Gasteiger partial charge in [-0.2, -0.15) is 0 Å². The fraction of sp³-hybridized carbons (Fsp3) is 0.294. The molecule has 0 aliphatic heterocycles. The number of ether oxygens (including phenoxy) is 1.